The molecular formula is C13H22N2O4. The highest BCUT2D eigenvalue weighted by Crippen LogP contribution is 2.31. The number of nitrogens with zero attached hydrogens (tertiary/aromatic N) is 2. The highest BCUT2D eigenvalue weighted by atomic mass is 16.5. The predicted molar refractivity (Wildman–Crippen MR) is 69.0 cm³/mol. The number of hydrogen-bond acceptors (Lipinski definition) is 3. The fraction of sp³-hybridized carbons (Fsp3) is 0.846. The van der Waals surface area contributed by atoms with Gasteiger partial charge >= 0.3 is 12.0 Å². The number of rotatable bonds is 2. The number of aliphatic carboxylic acids is 1. The number of carboxylic acids is 1. The first-order valence-electron chi connectivity index (χ1n) is 6.82. The third-order valence-electron chi connectivity index (χ3n) is 4.38. The Labute approximate surface area is 113 Å². The van der Waals surface area contributed by atoms with E-state index in [0.29, 0.717) is 26.1 Å². The minimum absolute atomic E-state index is 0.142. The highest BCUT2D eigenvalue weighted by molar-refractivity contribution is 5.86. The van der Waals surface area contributed by atoms with E-state index in [2.05, 4.69) is 0 Å². The number of amides is 2. The van der Waals surface area contributed by atoms with Gasteiger partial charge in [-0.3, -0.25) is 0 Å². The number of methoxy groups -OCH3 is 1. The van der Waals surface area contributed by atoms with Gasteiger partial charge in [-0.1, -0.05) is 0 Å². The van der Waals surface area contributed by atoms with Gasteiger partial charge in [0.1, 0.15) is 5.54 Å². The monoisotopic (exact) mass is 270 g/mol. The highest BCUT2D eigenvalue weighted by Gasteiger charge is 2.47. The number of ether oxygens (including phenoxy) is 1. The lowest BCUT2D eigenvalue weighted by Crippen LogP contribution is -2.56. The lowest BCUT2D eigenvalue weighted by Gasteiger charge is -2.38. The molecule has 2 fully saturated rings. The lowest BCUT2D eigenvalue weighted by atomic mass is 9.99. The zero-order valence-electron chi connectivity index (χ0n) is 11.6. The van der Waals surface area contributed by atoms with Crippen molar-refractivity contribution in [3.63, 3.8) is 0 Å². The van der Waals surface area contributed by atoms with Crippen LogP contribution < -0.4 is 0 Å². The Kier molecular flexibility index (Phi) is 3.99. The maximum absolute atomic E-state index is 12.5. The third kappa shape index (κ3) is 2.54. The Morgan fingerprint density at radius 3 is 2.42 bits per heavy atom. The van der Waals surface area contributed by atoms with Crippen molar-refractivity contribution in [1.29, 1.82) is 0 Å². The molecule has 0 bridgehead atoms. The molecule has 6 heteroatoms. The lowest BCUT2D eigenvalue weighted by molar-refractivity contribution is -0.147. The second kappa shape index (κ2) is 5.36. The molecule has 6 nitrogen and oxygen atoms in total. The average Bonchev–Trinajstić information content (AvgIpc) is 2.81. The molecule has 0 aromatic heterocycles. The van der Waals surface area contributed by atoms with Crippen LogP contribution in [-0.2, 0) is 9.53 Å². The topological polar surface area (TPSA) is 70.1 Å². The number of carbonyl (C=O) groups is 2. The van der Waals surface area contributed by atoms with E-state index in [1.54, 1.807) is 18.9 Å². The molecule has 1 N–H and O–H groups in total. The van der Waals surface area contributed by atoms with Crippen LogP contribution in [0.25, 0.3) is 0 Å². The fourth-order valence-electron chi connectivity index (χ4n) is 2.95. The summed E-state index contributed by atoms with van der Waals surface area (Å²) in [6.45, 7) is 3.46. The molecule has 2 aliphatic heterocycles. The molecule has 19 heavy (non-hydrogen) atoms. The van der Waals surface area contributed by atoms with Crippen LogP contribution in [0, 0.1) is 0 Å². The van der Waals surface area contributed by atoms with Crippen molar-refractivity contribution in [1.82, 2.24) is 9.80 Å². The molecule has 108 valence electrons. The van der Waals surface area contributed by atoms with Gasteiger partial charge in [0.15, 0.2) is 0 Å². The van der Waals surface area contributed by atoms with E-state index in [9.17, 15) is 14.7 Å². The van der Waals surface area contributed by atoms with Crippen LogP contribution in [0.1, 0.15) is 32.6 Å². The van der Waals surface area contributed by atoms with Gasteiger partial charge in [-0.25, -0.2) is 9.59 Å². The van der Waals surface area contributed by atoms with Crippen molar-refractivity contribution < 1.29 is 19.4 Å². The summed E-state index contributed by atoms with van der Waals surface area (Å²) in [7, 11) is 1.68. The molecule has 2 amide bonds. The van der Waals surface area contributed by atoms with E-state index >= 15 is 0 Å². The van der Waals surface area contributed by atoms with Crippen molar-refractivity contribution in [3.8, 4) is 0 Å². The molecule has 0 aromatic carbocycles. The number of hydrogen-bond donors (Lipinski definition) is 1. The number of piperidine rings is 1. The zero-order chi connectivity index (χ0) is 14.0. The Bertz CT molecular complexity index is 366. The average molecular weight is 270 g/mol. The van der Waals surface area contributed by atoms with Crippen molar-refractivity contribution >= 4 is 12.0 Å². The molecule has 2 aliphatic rings. The smallest absolute Gasteiger partial charge is 0.329 e. The van der Waals surface area contributed by atoms with Gasteiger partial charge in [0.2, 0.25) is 0 Å². The summed E-state index contributed by atoms with van der Waals surface area (Å²) in [5.74, 6) is -0.912. The van der Waals surface area contributed by atoms with Crippen molar-refractivity contribution in [2.45, 2.75) is 44.2 Å². The van der Waals surface area contributed by atoms with Gasteiger partial charge in [0.25, 0.3) is 0 Å². The largest absolute Gasteiger partial charge is 0.480 e. The SMILES string of the molecule is COC1CCN(C(=O)N2CCCC2(C)C(=O)O)CC1. The zero-order valence-corrected chi connectivity index (χ0v) is 11.6. The van der Waals surface area contributed by atoms with Crippen molar-refractivity contribution in [3.05, 3.63) is 0 Å². The van der Waals surface area contributed by atoms with E-state index in [-0.39, 0.29) is 12.1 Å². The molecule has 0 aromatic rings. The summed E-state index contributed by atoms with van der Waals surface area (Å²) in [5.41, 5.74) is -1.05. The van der Waals surface area contributed by atoms with Gasteiger partial charge in [0, 0.05) is 26.7 Å². The number of urea groups is 1. The molecular weight excluding hydrogens is 248 g/mol. The van der Waals surface area contributed by atoms with Gasteiger partial charge in [-0.2, -0.15) is 0 Å². The Morgan fingerprint density at radius 2 is 1.89 bits per heavy atom. The number of carbonyl (C=O) groups excluding carboxylic acids is 1. The first kappa shape index (κ1) is 14.1. The van der Waals surface area contributed by atoms with E-state index in [4.69, 9.17) is 4.74 Å². The number of carboxylic acid groups (broad SMARTS) is 1. The molecule has 2 heterocycles. The van der Waals surface area contributed by atoms with Crippen LogP contribution >= 0.6 is 0 Å². The van der Waals surface area contributed by atoms with E-state index in [1.165, 1.54) is 4.90 Å². The minimum atomic E-state index is -1.05. The van der Waals surface area contributed by atoms with Gasteiger partial charge in [-0.05, 0) is 32.6 Å². The summed E-state index contributed by atoms with van der Waals surface area (Å²) in [5, 5.41) is 9.34. The van der Waals surface area contributed by atoms with Gasteiger partial charge in [-0.15, -0.1) is 0 Å². The van der Waals surface area contributed by atoms with Crippen LogP contribution in [0.4, 0.5) is 4.79 Å². The fourth-order valence-corrected chi connectivity index (χ4v) is 2.95. The second-order valence-corrected chi connectivity index (χ2v) is 5.54. The van der Waals surface area contributed by atoms with E-state index < -0.39 is 11.5 Å². The quantitative estimate of drug-likeness (QED) is 0.817. The van der Waals surface area contributed by atoms with E-state index in [1.807, 2.05) is 0 Å². The van der Waals surface area contributed by atoms with Gasteiger partial charge in [0.05, 0.1) is 6.10 Å². The summed E-state index contributed by atoms with van der Waals surface area (Å²) < 4.78 is 5.28. The summed E-state index contributed by atoms with van der Waals surface area (Å²) in [4.78, 5) is 27.1. The van der Waals surface area contributed by atoms with Crippen LogP contribution in [-0.4, -0.2) is 65.3 Å². The third-order valence-corrected chi connectivity index (χ3v) is 4.38. The summed E-state index contributed by atoms with van der Waals surface area (Å²) >= 11 is 0. The van der Waals surface area contributed by atoms with Gasteiger partial charge < -0.3 is 19.6 Å². The molecule has 1 unspecified atom stereocenters. The Morgan fingerprint density at radius 1 is 1.26 bits per heavy atom. The Balaban J connectivity index is 2.02. The molecule has 0 saturated carbocycles. The standard InChI is InChI=1S/C13H22N2O4/c1-13(11(16)17)6-3-7-15(13)12(18)14-8-4-10(19-2)5-9-14/h10H,3-9H2,1-2H3,(H,16,17). The normalized spacial score (nSPS) is 28.7. The number of likely N-dealkylation sites (tertiary alicyclic amines) is 2. The molecule has 0 radical (unpaired) electrons. The Hall–Kier alpha value is -1.30. The van der Waals surface area contributed by atoms with Crippen LogP contribution in [0.3, 0.4) is 0 Å². The first-order chi connectivity index (χ1) is 8.99. The second-order valence-electron chi connectivity index (χ2n) is 5.54. The first-order valence-corrected chi connectivity index (χ1v) is 6.82. The van der Waals surface area contributed by atoms with Crippen molar-refractivity contribution in [2.24, 2.45) is 0 Å². The molecule has 1 atom stereocenters. The maximum Gasteiger partial charge on any atom is 0.329 e. The minimum Gasteiger partial charge on any atom is -0.480 e. The van der Waals surface area contributed by atoms with Crippen molar-refractivity contribution in [2.75, 3.05) is 26.7 Å². The van der Waals surface area contributed by atoms with Crippen LogP contribution in [0.15, 0.2) is 0 Å². The predicted octanol–water partition coefficient (Wildman–Crippen LogP) is 1.16. The molecule has 0 spiro atoms. The molecule has 0 aliphatic carbocycles. The molecule has 2 rings (SSSR count). The van der Waals surface area contributed by atoms with E-state index in [0.717, 1.165) is 19.3 Å². The summed E-state index contributed by atoms with van der Waals surface area (Å²) in [6, 6.07) is -0.142. The maximum atomic E-state index is 12.5. The molecule has 2 saturated heterocycles. The van der Waals surface area contributed by atoms with Crippen LogP contribution in [0.5, 0.6) is 0 Å². The van der Waals surface area contributed by atoms with Crippen LogP contribution in [0.2, 0.25) is 0 Å². The summed E-state index contributed by atoms with van der Waals surface area (Å²) in [6.07, 6.45) is 3.14.